The lowest BCUT2D eigenvalue weighted by Gasteiger charge is -2.25. The fraction of sp³-hybridized carbons (Fsp3) is 0.357. The number of nitrogens with one attached hydrogen (secondary N) is 1. The quantitative estimate of drug-likeness (QED) is 0.310. The number of allylic oxidation sites excluding steroid dienone is 1. The van der Waals surface area contributed by atoms with Gasteiger partial charge in [0.15, 0.2) is 5.16 Å². The molecule has 0 amide bonds. The number of hydrogen-bond donors (Lipinski definition) is 2. The summed E-state index contributed by atoms with van der Waals surface area (Å²) in [5, 5.41) is -0.571. The average molecular weight is 413 g/mol. The van der Waals surface area contributed by atoms with Crippen LogP contribution in [0.3, 0.4) is 0 Å². The highest BCUT2D eigenvalue weighted by atomic mass is 35.5. The van der Waals surface area contributed by atoms with Gasteiger partial charge in [0, 0.05) is 5.57 Å². The second kappa shape index (κ2) is 8.27. The van der Waals surface area contributed by atoms with E-state index in [9.17, 15) is 30.7 Å². The fourth-order valence-electron chi connectivity index (χ4n) is 1.74. The zero-order valence-corrected chi connectivity index (χ0v) is 14.1. The minimum Gasteiger partial charge on any atom is -1.00 e. The Bertz CT molecular complexity index is 640. The lowest BCUT2D eigenvalue weighted by molar-refractivity contribution is -0.408. The van der Waals surface area contributed by atoms with Crippen molar-refractivity contribution in [2.24, 2.45) is 5.73 Å². The van der Waals surface area contributed by atoms with Gasteiger partial charge in [-0.25, -0.2) is 4.99 Å². The van der Waals surface area contributed by atoms with E-state index in [1.807, 2.05) is 0 Å². The van der Waals surface area contributed by atoms with E-state index in [-0.39, 0.29) is 24.4 Å². The van der Waals surface area contributed by atoms with Gasteiger partial charge in [-0.3, -0.25) is 5.73 Å². The van der Waals surface area contributed by atoms with Crippen LogP contribution in [0.15, 0.2) is 35.5 Å². The van der Waals surface area contributed by atoms with Crippen molar-refractivity contribution in [3.63, 3.8) is 0 Å². The van der Waals surface area contributed by atoms with Crippen LogP contribution in [-0.2, 0) is 0 Å². The summed E-state index contributed by atoms with van der Waals surface area (Å²) in [5.74, 6) is -14.1. The van der Waals surface area contributed by atoms with Gasteiger partial charge in [0.05, 0.1) is 0 Å². The predicted molar refractivity (Wildman–Crippen MR) is 75.6 cm³/mol. The van der Waals surface area contributed by atoms with Crippen LogP contribution in [0.4, 0.5) is 30.7 Å². The van der Waals surface area contributed by atoms with Crippen LogP contribution in [0.2, 0.25) is 0 Å². The molecule has 11 heteroatoms. The summed E-state index contributed by atoms with van der Waals surface area (Å²) in [6, 6.07) is 7.99. The van der Waals surface area contributed by atoms with Crippen molar-refractivity contribution in [3.05, 3.63) is 41.1 Å². The van der Waals surface area contributed by atoms with E-state index in [4.69, 9.17) is 17.3 Å². The molecule has 1 aromatic rings. The van der Waals surface area contributed by atoms with Crippen LogP contribution in [0.5, 0.6) is 0 Å². The highest BCUT2D eigenvalue weighted by molar-refractivity contribution is 6.31. The summed E-state index contributed by atoms with van der Waals surface area (Å²) in [5.41, 5.74) is 5.45. The van der Waals surface area contributed by atoms with Crippen LogP contribution in [0, 0.1) is 0 Å². The third-order valence-electron chi connectivity index (χ3n) is 3.07. The molecule has 1 aromatic carbocycles. The van der Waals surface area contributed by atoms with Crippen molar-refractivity contribution in [3.8, 4) is 0 Å². The molecule has 0 saturated heterocycles. The van der Waals surface area contributed by atoms with Crippen molar-refractivity contribution in [2.45, 2.75) is 31.4 Å². The molecule has 142 valence electrons. The second-order valence-electron chi connectivity index (χ2n) is 4.70. The molecule has 0 aliphatic carbocycles. The van der Waals surface area contributed by atoms with Gasteiger partial charge in [0.1, 0.15) is 0 Å². The zero-order valence-electron chi connectivity index (χ0n) is 12.6. The summed E-state index contributed by atoms with van der Waals surface area (Å²) in [7, 11) is 0. The van der Waals surface area contributed by atoms with Gasteiger partial charge < -0.3 is 12.4 Å². The molecular weight excluding hydrogens is 400 g/mol. The first-order valence-corrected chi connectivity index (χ1v) is 6.90. The lowest BCUT2D eigenvalue weighted by atomic mass is 10.0. The smallest absolute Gasteiger partial charge is 0.460 e. The molecule has 2 nitrogen and oxygen atoms in total. The SMILES string of the molecule is CC/C(=C(Cl)\[NH+]=C(\N)C(F)(F)C(F)(F)C(F)(F)F)c1ccccc1.[Cl-]. The monoisotopic (exact) mass is 412 g/mol. The molecule has 0 bridgehead atoms. The number of nitrogens with two attached hydrogens (primary N) is 1. The first-order valence-electron chi connectivity index (χ1n) is 6.52. The van der Waals surface area contributed by atoms with E-state index in [0.29, 0.717) is 5.56 Å². The summed E-state index contributed by atoms with van der Waals surface area (Å²) in [6.45, 7) is 1.59. The molecule has 0 radical (unpaired) electrons. The molecule has 0 saturated carbocycles. The van der Waals surface area contributed by atoms with E-state index in [1.165, 1.54) is 0 Å². The third-order valence-corrected chi connectivity index (χ3v) is 3.40. The maximum absolute atomic E-state index is 13.4. The van der Waals surface area contributed by atoms with Gasteiger partial charge in [0.25, 0.3) is 0 Å². The average Bonchev–Trinajstić information content (AvgIpc) is 2.47. The van der Waals surface area contributed by atoms with Crippen molar-refractivity contribution in [2.75, 3.05) is 0 Å². The number of hydrogen-bond acceptors (Lipinski definition) is 0. The van der Waals surface area contributed by atoms with Gasteiger partial charge in [-0.15, -0.1) is 0 Å². The van der Waals surface area contributed by atoms with E-state index in [2.05, 4.69) is 0 Å². The molecule has 0 aliphatic heterocycles. The largest absolute Gasteiger partial charge is 1.00 e. The van der Waals surface area contributed by atoms with Crippen LogP contribution >= 0.6 is 11.6 Å². The second-order valence-corrected chi connectivity index (χ2v) is 5.08. The molecule has 3 N–H and O–H groups in total. The van der Waals surface area contributed by atoms with E-state index in [1.54, 1.807) is 42.2 Å². The van der Waals surface area contributed by atoms with Gasteiger partial charge in [-0.1, -0.05) is 37.3 Å². The molecule has 0 heterocycles. The molecule has 0 unspecified atom stereocenters. The van der Waals surface area contributed by atoms with Gasteiger partial charge >= 0.3 is 23.9 Å². The molecule has 25 heavy (non-hydrogen) atoms. The fourth-order valence-corrected chi connectivity index (χ4v) is 2.09. The van der Waals surface area contributed by atoms with Gasteiger partial charge in [0.2, 0.25) is 0 Å². The van der Waals surface area contributed by atoms with Crippen LogP contribution in [0.25, 0.3) is 5.57 Å². The Morgan fingerprint density at radius 3 is 1.92 bits per heavy atom. The number of amidine groups is 1. The van der Waals surface area contributed by atoms with Crippen molar-refractivity contribution in [1.29, 1.82) is 0 Å². The topological polar surface area (TPSA) is 40.0 Å². The molecule has 0 spiro atoms. The Labute approximate surface area is 150 Å². The van der Waals surface area contributed by atoms with Gasteiger partial charge in [-0.2, -0.15) is 30.7 Å². The summed E-state index contributed by atoms with van der Waals surface area (Å²) >= 11 is 5.75. The Morgan fingerprint density at radius 1 is 1.04 bits per heavy atom. The highest BCUT2D eigenvalue weighted by Crippen LogP contribution is 2.45. The van der Waals surface area contributed by atoms with Crippen LogP contribution < -0.4 is 23.1 Å². The van der Waals surface area contributed by atoms with Crippen molar-refractivity contribution in [1.82, 2.24) is 0 Å². The predicted octanol–water partition coefficient (Wildman–Crippen LogP) is 0.279. The molecule has 0 atom stereocenters. The lowest BCUT2D eigenvalue weighted by Crippen LogP contribution is -3.00. The minimum absolute atomic E-state index is 0. The van der Waals surface area contributed by atoms with Crippen LogP contribution in [0.1, 0.15) is 18.9 Å². The Kier molecular flexibility index (Phi) is 7.78. The Balaban J connectivity index is 0.00000576. The third kappa shape index (κ3) is 4.78. The highest BCUT2D eigenvalue weighted by Gasteiger charge is 2.76. The molecule has 0 aromatic heterocycles. The van der Waals surface area contributed by atoms with E-state index >= 15 is 0 Å². The summed E-state index contributed by atoms with van der Waals surface area (Å²) in [4.78, 5) is 1.56. The number of alkyl halides is 7. The molecule has 0 fully saturated rings. The Hall–Kier alpha value is -1.48. The zero-order chi connectivity index (χ0) is 18.8. The Morgan fingerprint density at radius 2 is 1.52 bits per heavy atom. The maximum Gasteiger partial charge on any atom is 0.460 e. The molecular formula is C14H13Cl2F7N2. The normalized spacial score (nSPS) is 14.7. The van der Waals surface area contributed by atoms with Crippen molar-refractivity contribution < 1.29 is 48.1 Å². The standard InChI is InChI=1S/C14H12ClF7N2.ClH/c1-2-9(8-6-4-3-5-7-8)10(15)24-11(23)12(16,17)13(18,19)14(20,21)22;/h3-7H,2H2,1H3,(H2,23,24);1H/b10-9+;. The van der Waals surface area contributed by atoms with E-state index in [0.717, 1.165) is 0 Å². The summed E-state index contributed by atoms with van der Waals surface area (Å²) in [6.07, 6.45) is -6.30. The molecule has 1 rings (SSSR count). The van der Waals surface area contributed by atoms with Gasteiger partial charge in [-0.05, 0) is 23.6 Å². The first-order chi connectivity index (χ1) is 10.9. The van der Waals surface area contributed by atoms with Crippen LogP contribution in [-0.4, -0.2) is 23.9 Å². The minimum atomic E-state index is -6.48. The van der Waals surface area contributed by atoms with Crippen molar-refractivity contribution >= 4 is 23.0 Å². The first kappa shape index (κ1) is 23.5. The number of rotatable bonds is 5. The summed E-state index contributed by atoms with van der Waals surface area (Å²) < 4.78 is 89.2. The van der Waals surface area contributed by atoms with E-state index < -0.39 is 29.0 Å². The number of benzene rings is 1. The maximum atomic E-state index is 13.4. The number of halogens is 9. The molecule has 0 aliphatic rings.